The topological polar surface area (TPSA) is 25.8 Å². The number of hydrogen-bond acceptors (Lipinski definition) is 3. The van der Waals surface area contributed by atoms with Gasteiger partial charge in [-0.1, -0.05) is 81.0 Å². The minimum atomic E-state index is 0.0793. The van der Waals surface area contributed by atoms with Crippen LogP contribution >= 0.6 is 23.4 Å². The molecule has 1 heterocycles. The quantitative estimate of drug-likeness (QED) is 0.739. The van der Waals surface area contributed by atoms with Gasteiger partial charge in [-0.05, 0) is 5.56 Å². The first-order valence-corrected chi connectivity index (χ1v) is 7.52. The molecular weight excluding hydrogens is 288 g/mol. The molecule has 2 nitrogen and oxygen atoms in total. The highest BCUT2D eigenvalue weighted by Gasteiger charge is 2.16. The summed E-state index contributed by atoms with van der Waals surface area (Å²) in [5, 5.41) is 1.22. The molecule has 1 aromatic carbocycles. The fraction of sp³-hybridized carbons (Fsp3) is 0.250. The predicted octanol–water partition coefficient (Wildman–Crippen LogP) is 5.08. The second-order valence-corrected chi connectivity index (χ2v) is 7.61. The van der Waals surface area contributed by atoms with Crippen LogP contribution < -0.4 is 0 Å². The lowest BCUT2D eigenvalue weighted by molar-refractivity contribution is 0.798. The average molecular weight is 305 g/mol. The molecule has 0 bridgehead atoms. The molecule has 0 aliphatic rings. The van der Waals surface area contributed by atoms with Crippen molar-refractivity contribution in [1.29, 1.82) is 0 Å². The molecule has 0 fully saturated rings. The zero-order valence-corrected chi connectivity index (χ0v) is 13.4. The van der Waals surface area contributed by atoms with Gasteiger partial charge in [0.05, 0.1) is 6.20 Å². The van der Waals surface area contributed by atoms with E-state index >= 15 is 0 Å². The van der Waals surface area contributed by atoms with E-state index in [4.69, 9.17) is 11.6 Å². The number of rotatable bonds is 3. The standard InChI is InChI=1S/C16H17ClN2S/c1-11(12-8-6-5-7-9-12)14-15(17)19-13(10-18-14)20-16(2,3)4/h5-10H,1H2,2-4H3. The van der Waals surface area contributed by atoms with E-state index in [2.05, 4.69) is 37.3 Å². The molecule has 2 aromatic rings. The van der Waals surface area contributed by atoms with Crippen LogP contribution in [0.5, 0.6) is 0 Å². The Morgan fingerprint density at radius 1 is 1.20 bits per heavy atom. The van der Waals surface area contributed by atoms with Crippen molar-refractivity contribution in [2.75, 3.05) is 0 Å². The van der Waals surface area contributed by atoms with E-state index in [1.54, 1.807) is 18.0 Å². The van der Waals surface area contributed by atoms with Crippen molar-refractivity contribution in [3.63, 3.8) is 0 Å². The first-order chi connectivity index (χ1) is 9.37. The van der Waals surface area contributed by atoms with Crippen LogP contribution in [-0.4, -0.2) is 14.7 Å². The summed E-state index contributed by atoms with van der Waals surface area (Å²) in [4.78, 5) is 8.83. The van der Waals surface area contributed by atoms with E-state index in [1.807, 2.05) is 30.3 Å². The monoisotopic (exact) mass is 304 g/mol. The van der Waals surface area contributed by atoms with Crippen molar-refractivity contribution in [2.45, 2.75) is 30.5 Å². The van der Waals surface area contributed by atoms with Crippen LogP contribution in [0, 0.1) is 0 Å². The average Bonchev–Trinajstić information content (AvgIpc) is 2.37. The Hall–Kier alpha value is -1.32. The van der Waals surface area contributed by atoms with Gasteiger partial charge >= 0.3 is 0 Å². The Bertz CT molecular complexity index is 618. The van der Waals surface area contributed by atoms with Crippen molar-refractivity contribution in [2.24, 2.45) is 0 Å². The Morgan fingerprint density at radius 3 is 2.40 bits per heavy atom. The van der Waals surface area contributed by atoms with E-state index in [1.165, 1.54) is 0 Å². The van der Waals surface area contributed by atoms with Gasteiger partial charge in [0.15, 0.2) is 5.15 Å². The molecular formula is C16H17ClN2S. The highest BCUT2D eigenvalue weighted by molar-refractivity contribution is 8.00. The van der Waals surface area contributed by atoms with Crippen molar-refractivity contribution in [3.05, 3.63) is 59.5 Å². The molecule has 0 amide bonds. The van der Waals surface area contributed by atoms with E-state index in [0.29, 0.717) is 10.8 Å². The molecule has 0 aliphatic carbocycles. The zero-order valence-electron chi connectivity index (χ0n) is 11.9. The predicted molar refractivity (Wildman–Crippen MR) is 87.2 cm³/mol. The fourth-order valence-corrected chi connectivity index (χ4v) is 2.87. The van der Waals surface area contributed by atoms with Crippen LogP contribution in [0.3, 0.4) is 0 Å². The van der Waals surface area contributed by atoms with Crippen molar-refractivity contribution >= 4 is 28.9 Å². The lowest BCUT2D eigenvalue weighted by Gasteiger charge is -2.17. The number of thioether (sulfide) groups is 1. The van der Waals surface area contributed by atoms with Gasteiger partial charge in [-0.3, -0.25) is 4.98 Å². The third-order valence-corrected chi connectivity index (χ3v) is 3.81. The van der Waals surface area contributed by atoms with Gasteiger partial charge in [0.25, 0.3) is 0 Å². The summed E-state index contributed by atoms with van der Waals surface area (Å²) >= 11 is 7.90. The molecule has 1 aromatic heterocycles. The number of nitrogens with zero attached hydrogens (tertiary/aromatic N) is 2. The summed E-state index contributed by atoms with van der Waals surface area (Å²) < 4.78 is 0.0793. The van der Waals surface area contributed by atoms with Crippen LogP contribution in [0.15, 0.2) is 48.1 Å². The maximum absolute atomic E-state index is 6.26. The summed E-state index contributed by atoms with van der Waals surface area (Å²) in [5.74, 6) is 0. The summed E-state index contributed by atoms with van der Waals surface area (Å²) in [7, 11) is 0. The van der Waals surface area contributed by atoms with Crippen LogP contribution in [0.4, 0.5) is 0 Å². The minimum Gasteiger partial charge on any atom is -0.250 e. The molecule has 0 saturated carbocycles. The highest BCUT2D eigenvalue weighted by Crippen LogP contribution is 2.32. The minimum absolute atomic E-state index is 0.0793. The van der Waals surface area contributed by atoms with E-state index in [0.717, 1.165) is 16.2 Å². The molecule has 0 aliphatic heterocycles. The Balaban J connectivity index is 2.29. The Morgan fingerprint density at radius 2 is 1.85 bits per heavy atom. The van der Waals surface area contributed by atoms with Crippen molar-refractivity contribution in [3.8, 4) is 0 Å². The van der Waals surface area contributed by atoms with Gasteiger partial charge in [-0.15, -0.1) is 0 Å². The molecule has 0 N–H and O–H groups in total. The van der Waals surface area contributed by atoms with Crippen LogP contribution in [0.1, 0.15) is 32.0 Å². The van der Waals surface area contributed by atoms with Gasteiger partial charge in [-0.25, -0.2) is 4.98 Å². The van der Waals surface area contributed by atoms with Crippen LogP contribution in [-0.2, 0) is 0 Å². The number of aromatic nitrogens is 2. The zero-order chi connectivity index (χ0) is 14.8. The number of benzene rings is 1. The molecule has 2 rings (SSSR count). The molecule has 4 heteroatoms. The third kappa shape index (κ3) is 3.84. The molecule has 0 spiro atoms. The smallest absolute Gasteiger partial charge is 0.156 e. The van der Waals surface area contributed by atoms with Crippen LogP contribution in [0.2, 0.25) is 5.15 Å². The molecule has 104 valence electrons. The van der Waals surface area contributed by atoms with Gasteiger partial charge in [0, 0.05) is 10.3 Å². The lowest BCUT2D eigenvalue weighted by Crippen LogP contribution is -2.08. The molecule has 20 heavy (non-hydrogen) atoms. The first kappa shape index (κ1) is 15.1. The number of hydrogen-bond donors (Lipinski definition) is 0. The SMILES string of the molecule is C=C(c1ccccc1)c1ncc(SC(C)(C)C)nc1Cl. The molecule has 0 saturated heterocycles. The first-order valence-electron chi connectivity index (χ1n) is 6.33. The number of halogens is 1. The second kappa shape index (κ2) is 5.98. The van der Waals surface area contributed by atoms with E-state index < -0.39 is 0 Å². The Kier molecular flexibility index (Phi) is 4.51. The van der Waals surface area contributed by atoms with Gasteiger partial charge < -0.3 is 0 Å². The molecule has 0 unspecified atom stereocenters. The van der Waals surface area contributed by atoms with Crippen molar-refractivity contribution < 1.29 is 0 Å². The molecule has 0 atom stereocenters. The second-order valence-electron chi connectivity index (χ2n) is 5.41. The largest absolute Gasteiger partial charge is 0.250 e. The van der Waals surface area contributed by atoms with E-state index in [9.17, 15) is 0 Å². The summed E-state index contributed by atoms with van der Waals surface area (Å²) in [6, 6.07) is 9.86. The van der Waals surface area contributed by atoms with Crippen molar-refractivity contribution in [1.82, 2.24) is 9.97 Å². The van der Waals surface area contributed by atoms with Gasteiger partial charge in [0.2, 0.25) is 0 Å². The highest BCUT2D eigenvalue weighted by atomic mass is 35.5. The summed E-state index contributed by atoms with van der Waals surface area (Å²) in [5.41, 5.74) is 2.42. The molecule has 0 radical (unpaired) electrons. The van der Waals surface area contributed by atoms with Gasteiger partial charge in [0.1, 0.15) is 10.7 Å². The lowest BCUT2D eigenvalue weighted by atomic mass is 10.1. The fourth-order valence-electron chi connectivity index (χ4n) is 1.69. The third-order valence-electron chi connectivity index (χ3n) is 2.53. The summed E-state index contributed by atoms with van der Waals surface area (Å²) in [6.07, 6.45) is 1.76. The maximum Gasteiger partial charge on any atom is 0.156 e. The van der Waals surface area contributed by atoms with E-state index in [-0.39, 0.29) is 4.75 Å². The van der Waals surface area contributed by atoms with Crippen LogP contribution in [0.25, 0.3) is 5.57 Å². The Labute approximate surface area is 129 Å². The maximum atomic E-state index is 6.26. The summed E-state index contributed by atoms with van der Waals surface area (Å²) in [6.45, 7) is 10.5. The van der Waals surface area contributed by atoms with Gasteiger partial charge in [-0.2, -0.15) is 0 Å². The normalized spacial score (nSPS) is 11.4.